The molecule has 1 N–H and O–H groups in total. The first-order valence-corrected chi connectivity index (χ1v) is 7.87. The Morgan fingerprint density at radius 1 is 1.00 bits per heavy atom. The van der Waals surface area contributed by atoms with Crippen LogP contribution < -0.4 is 5.32 Å². The molecule has 0 saturated heterocycles. The highest BCUT2D eigenvalue weighted by Crippen LogP contribution is 2.26. The third-order valence-corrected chi connectivity index (χ3v) is 3.40. The number of benzene rings is 1. The monoisotopic (exact) mass is 371 g/mol. The third kappa shape index (κ3) is 6.26. The number of hydrogen-bond donors (Lipinski definition) is 1. The quantitative estimate of drug-likeness (QED) is 0.486. The van der Waals surface area contributed by atoms with Crippen molar-refractivity contribution in [3.63, 3.8) is 0 Å². The predicted octanol–water partition coefficient (Wildman–Crippen LogP) is 2.87. The summed E-state index contributed by atoms with van der Waals surface area (Å²) < 4.78 is 14.6. The standard InChI is InChI=1S/C17H22ClNO6/c1-17(2,3)25-16(22)19-13(10-6-8-11(18)9-7-10)12(14(20)23-4)15(21)24-5/h6-9,12-13H,1-5H3,(H,19,22)/t13-/m1/s1. The molecule has 0 heterocycles. The maximum absolute atomic E-state index is 12.2. The van der Waals surface area contributed by atoms with Crippen molar-refractivity contribution in [2.45, 2.75) is 32.4 Å². The molecule has 138 valence electrons. The molecule has 0 bridgehead atoms. The average Bonchev–Trinajstić information content (AvgIpc) is 2.52. The summed E-state index contributed by atoms with van der Waals surface area (Å²) in [6, 6.07) is 5.28. The molecule has 1 atom stereocenters. The van der Waals surface area contributed by atoms with Crippen LogP contribution in [0.25, 0.3) is 0 Å². The summed E-state index contributed by atoms with van der Waals surface area (Å²) in [6.07, 6.45) is -0.787. The topological polar surface area (TPSA) is 90.9 Å². The fourth-order valence-electron chi connectivity index (χ4n) is 2.09. The van der Waals surface area contributed by atoms with Crippen LogP contribution >= 0.6 is 11.6 Å². The van der Waals surface area contributed by atoms with Gasteiger partial charge in [0.1, 0.15) is 5.60 Å². The van der Waals surface area contributed by atoms with Gasteiger partial charge in [0.05, 0.1) is 20.3 Å². The van der Waals surface area contributed by atoms with Gasteiger partial charge in [-0.05, 0) is 38.5 Å². The molecule has 25 heavy (non-hydrogen) atoms. The van der Waals surface area contributed by atoms with E-state index in [4.69, 9.17) is 16.3 Å². The van der Waals surface area contributed by atoms with Gasteiger partial charge in [-0.1, -0.05) is 23.7 Å². The van der Waals surface area contributed by atoms with E-state index in [0.717, 1.165) is 14.2 Å². The Hall–Kier alpha value is -2.28. The lowest BCUT2D eigenvalue weighted by molar-refractivity contribution is -0.160. The number of hydrogen-bond acceptors (Lipinski definition) is 6. The fourth-order valence-corrected chi connectivity index (χ4v) is 2.21. The Bertz CT molecular complexity index is 607. The van der Waals surface area contributed by atoms with Gasteiger partial charge >= 0.3 is 18.0 Å². The summed E-state index contributed by atoms with van der Waals surface area (Å²) in [6.45, 7) is 5.09. The highest BCUT2D eigenvalue weighted by molar-refractivity contribution is 6.30. The molecule has 1 aromatic carbocycles. The lowest BCUT2D eigenvalue weighted by Gasteiger charge is -2.27. The van der Waals surface area contributed by atoms with Crippen molar-refractivity contribution in [3.8, 4) is 0 Å². The Kier molecular flexibility index (Phi) is 7.23. The van der Waals surface area contributed by atoms with E-state index in [2.05, 4.69) is 14.8 Å². The van der Waals surface area contributed by atoms with E-state index in [1.165, 1.54) is 0 Å². The highest BCUT2D eigenvalue weighted by Gasteiger charge is 2.39. The molecule has 1 amide bonds. The lowest BCUT2D eigenvalue weighted by atomic mass is 9.93. The lowest BCUT2D eigenvalue weighted by Crippen LogP contribution is -2.43. The molecule has 0 aliphatic heterocycles. The smallest absolute Gasteiger partial charge is 0.408 e. The van der Waals surface area contributed by atoms with Crippen molar-refractivity contribution in [2.75, 3.05) is 14.2 Å². The van der Waals surface area contributed by atoms with Crippen LogP contribution in [0.15, 0.2) is 24.3 Å². The molecule has 0 fully saturated rings. The molecule has 0 aliphatic rings. The van der Waals surface area contributed by atoms with E-state index in [1.54, 1.807) is 45.0 Å². The minimum Gasteiger partial charge on any atom is -0.468 e. The van der Waals surface area contributed by atoms with E-state index >= 15 is 0 Å². The number of halogens is 1. The summed E-state index contributed by atoms with van der Waals surface area (Å²) in [4.78, 5) is 36.4. The predicted molar refractivity (Wildman–Crippen MR) is 91.1 cm³/mol. The Morgan fingerprint density at radius 2 is 1.48 bits per heavy atom. The van der Waals surface area contributed by atoms with Crippen LogP contribution in [0, 0.1) is 5.92 Å². The van der Waals surface area contributed by atoms with E-state index < -0.39 is 35.6 Å². The van der Waals surface area contributed by atoms with E-state index in [1.807, 2.05) is 0 Å². The highest BCUT2D eigenvalue weighted by atomic mass is 35.5. The van der Waals surface area contributed by atoms with Gasteiger partial charge < -0.3 is 19.5 Å². The van der Waals surface area contributed by atoms with Crippen LogP contribution in [-0.4, -0.2) is 37.9 Å². The van der Waals surface area contributed by atoms with Crippen LogP contribution in [0.4, 0.5) is 4.79 Å². The number of rotatable bonds is 5. The number of amides is 1. The van der Waals surface area contributed by atoms with Crippen molar-refractivity contribution in [3.05, 3.63) is 34.9 Å². The fraction of sp³-hybridized carbons (Fsp3) is 0.471. The van der Waals surface area contributed by atoms with Crippen LogP contribution in [0.2, 0.25) is 5.02 Å². The molecule has 8 heteroatoms. The maximum atomic E-state index is 12.2. The van der Waals surface area contributed by atoms with Gasteiger partial charge in [-0.3, -0.25) is 9.59 Å². The zero-order chi connectivity index (χ0) is 19.2. The number of methoxy groups -OCH3 is 2. The van der Waals surface area contributed by atoms with Gasteiger partial charge in [0, 0.05) is 5.02 Å². The molecule has 1 rings (SSSR count). The van der Waals surface area contributed by atoms with Gasteiger partial charge in [0.2, 0.25) is 0 Å². The average molecular weight is 372 g/mol. The molecule has 0 unspecified atom stereocenters. The van der Waals surface area contributed by atoms with Crippen molar-refractivity contribution in [1.82, 2.24) is 5.32 Å². The second-order valence-electron chi connectivity index (χ2n) is 6.20. The molecule has 7 nitrogen and oxygen atoms in total. The minimum absolute atomic E-state index is 0.465. The van der Waals surface area contributed by atoms with E-state index in [-0.39, 0.29) is 0 Å². The van der Waals surface area contributed by atoms with E-state index in [0.29, 0.717) is 10.6 Å². The SMILES string of the molecule is COC(=O)C(C(=O)OC)[C@H](NC(=O)OC(C)(C)C)c1ccc(Cl)cc1. The largest absolute Gasteiger partial charge is 0.468 e. The summed E-state index contributed by atoms with van der Waals surface area (Å²) in [7, 11) is 2.29. The van der Waals surface area contributed by atoms with Crippen molar-refractivity contribution >= 4 is 29.6 Å². The molecule has 0 spiro atoms. The number of nitrogens with one attached hydrogen (secondary N) is 1. The first kappa shape index (κ1) is 20.8. The number of carbonyl (C=O) groups is 3. The normalized spacial score (nSPS) is 12.3. The van der Waals surface area contributed by atoms with Crippen molar-refractivity contribution < 1.29 is 28.6 Å². The summed E-state index contributed by atoms with van der Waals surface area (Å²) >= 11 is 5.87. The first-order valence-electron chi connectivity index (χ1n) is 7.49. The molecule has 0 aliphatic carbocycles. The second-order valence-corrected chi connectivity index (χ2v) is 6.64. The van der Waals surface area contributed by atoms with E-state index in [9.17, 15) is 14.4 Å². The van der Waals surface area contributed by atoms with Crippen LogP contribution in [0.5, 0.6) is 0 Å². The number of ether oxygens (including phenoxy) is 3. The molecule has 0 saturated carbocycles. The number of esters is 2. The number of carbonyl (C=O) groups excluding carboxylic acids is 3. The molecule has 0 aromatic heterocycles. The molecular weight excluding hydrogens is 350 g/mol. The molecular formula is C17H22ClNO6. The summed E-state index contributed by atoms with van der Waals surface area (Å²) in [5, 5.41) is 3.00. The van der Waals surface area contributed by atoms with Gasteiger partial charge in [0.15, 0.2) is 5.92 Å². The van der Waals surface area contributed by atoms with Crippen LogP contribution in [0.1, 0.15) is 32.4 Å². The van der Waals surface area contributed by atoms with Crippen molar-refractivity contribution in [2.24, 2.45) is 5.92 Å². The molecule has 1 aromatic rings. The van der Waals surface area contributed by atoms with Gasteiger partial charge in [-0.25, -0.2) is 4.79 Å². The Morgan fingerprint density at radius 3 is 1.88 bits per heavy atom. The summed E-state index contributed by atoms with van der Waals surface area (Å²) in [5.74, 6) is -3.09. The first-order chi connectivity index (χ1) is 11.6. The zero-order valence-corrected chi connectivity index (χ0v) is 15.5. The van der Waals surface area contributed by atoms with Gasteiger partial charge in [-0.2, -0.15) is 0 Å². The minimum atomic E-state index is -1.40. The van der Waals surface area contributed by atoms with Crippen LogP contribution in [-0.2, 0) is 23.8 Å². The zero-order valence-electron chi connectivity index (χ0n) is 14.8. The van der Waals surface area contributed by atoms with Gasteiger partial charge in [-0.15, -0.1) is 0 Å². The Labute approximate surface area is 151 Å². The third-order valence-electron chi connectivity index (χ3n) is 3.14. The van der Waals surface area contributed by atoms with Crippen LogP contribution in [0.3, 0.4) is 0 Å². The maximum Gasteiger partial charge on any atom is 0.408 e. The van der Waals surface area contributed by atoms with Crippen molar-refractivity contribution in [1.29, 1.82) is 0 Å². The number of alkyl carbamates (subject to hydrolysis) is 1. The summed E-state index contributed by atoms with van der Waals surface area (Å²) in [5.41, 5.74) is -0.281. The molecule has 0 radical (unpaired) electrons. The Balaban J connectivity index is 3.25. The second kappa shape index (κ2) is 8.71. The van der Waals surface area contributed by atoms with Gasteiger partial charge in [0.25, 0.3) is 0 Å².